The van der Waals surface area contributed by atoms with Crippen molar-refractivity contribution in [3.8, 4) is 17.5 Å². The van der Waals surface area contributed by atoms with E-state index in [1.807, 2.05) is 24.3 Å². The second-order valence-electron chi connectivity index (χ2n) is 6.02. The summed E-state index contributed by atoms with van der Waals surface area (Å²) < 4.78 is 5.39. The Hall–Kier alpha value is -2.89. The van der Waals surface area contributed by atoms with Gasteiger partial charge in [0.2, 0.25) is 0 Å². The van der Waals surface area contributed by atoms with Gasteiger partial charge in [0.15, 0.2) is 6.21 Å². The minimum Gasteiger partial charge on any atom is -0.450 e. The fourth-order valence-corrected chi connectivity index (χ4v) is 2.83. The van der Waals surface area contributed by atoms with Gasteiger partial charge in [-0.2, -0.15) is 5.26 Å². The third kappa shape index (κ3) is 4.20. The van der Waals surface area contributed by atoms with Crippen LogP contribution < -0.4 is 16.2 Å². The molecular formula is C18H20BN5O2+. The van der Waals surface area contributed by atoms with Crippen molar-refractivity contribution in [1.29, 1.82) is 5.26 Å². The largest absolute Gasteiger partial charge is 0.450 e. The highest BCUT2D eigenvalue weighted by Crippen LogP contribution is 2.21. The number of hydrogen-bond donors (Lipinski definition) is 4. The Kier molecular flexibility index (Phi) is 5.84. The van der Waals surface area contributed by atoms with Crippen LogP contribution in [0.5, 0.6) is 0 Å². The van der Waals surface area contributed by atoms with Crippen LogP contribution >= 0.6 is 0 Å². The summed E-state index contributed by atoms with van der Waals surface area (Å²) in [5.41, 5.74) is 4.14. The summed E-state index contributed by atoms with van der Waals surface area (Å²) in [6.45, 7) is 1.47. The number of ether oxygens (including phenoxy) is 1. The molecule has 0 bridgehead atoms. The zero-order valence-corrected chi connectivity index (χ0v) is 14.3. The lowest BCUT2D eigenvalue weighted by atomic mass is 9.88. The van der Waals surface area contributed by atoms with Crippen LogP contribution in [0.1, 0.15) is 18.5 Å². The van der Waals surface area contributed by atoms with E-state index >= 15 is 0 Å². The first-order valence-electron chi connectivity index (χ1n) is 8.41. The Morgan fingerprint density at radius 3 is 2.96 bits per heavy atom. The molecule has 3 heterocycles. The standard InChI is InChI=1S/C18H19BN5O2/c20-9-12(10-21)7-14-1-2-16(24-14)18-8-17(15(19-25)11-22-18)23-13-3-5-26-6-4-13/h1-2,7-9,11,13,20,24-25H,3-6H2,(H,22,23)/p+1/b12-7+,20-9?. The van der Waals surface area contributed by atoms with Crippen molar-refractivity contribution in [2.75, 3.05) is 18.5 Å². The van der Waals surface area contributed by atoms with E-state index in [4.69, 9.17) is 15.4 Å². The topological polar surface area (TPSA) is 120 Å². The van der Waals surface area contributed by atoms with E-state index in [9.17, 15) is 5.02 Å². The highest BCUT2D eigenvalue weighted by molar-refractivity contribution is 6.48. The zero-order chi connectivity index (χ0) is 18.4. The van der Waals surface area contributed by atoms with Crippen LogP contribution in [0.3, 0.4) is 0 Å². The van der Waals surface area contributed by atoms with Gasteiger partial charge in [-0.3, -0.25) is 10.4 Å². The number of nitrogens with one attached hydrogen (secondary N) is 2. The van der Waals surface area contributed by atoms with Gasteiger partial charge in [0.1, 0.15) is 11.6 Å². The Bertz CT molecular complexity index is 850. The normalized spacial score (nSPS) is 15.3. The predicted octanol–water partition coefficient (Wildman–Crippen LogP) is -0.359. The number of allylic oxidation sites excluding steroid dienone is 1. The summed E-state index contributed by atoms with van der Waals surface area (Å²) in [4.78, 5) is 7.61. The summed E-state index contributed by atoms with van der Waals surface area (Å²) in [5, 5.41) is 27.3. The maximum absolute atomic E-state index is 9.48. The Morgan fingerprint density at radius 2 is 2.27 bits per heavy atom. The average molecular weight is 349 g/mol. The first-order chi connectivity index (χ1) is 12.7. The van der Waals surface area contributed by atoms with Crippen LogP contribution in [0.25, 0.3) is 17.5 Å². The van der Waals surface area contributed by atoms with Gasteiger partial charge in [-0.1, -0.05) is 0 Å². The second-order valence-corrected chi connectivity index (χ2v) is 6.02. The molecule has 1 aliphatic rings. The molecule has 131 valence electrons. The SMILES string of the molecule is N#C/C(C=[NH2+])=C/c1ccc(-c2cc(NC3CCOCC3)c([B]O)cn2)[nH]1. The lowest BCUT2D eigenvalue weighted by molar-refractivity contribution is -0.104. The smallest absolute Gasteiger partial charge is 0.330 e. The first kappa shape index (κ1) is 17.9. The van der Waals surface area contributed by atoms with Gasteiger partial charge in [0.05, 0.1) is 11.4 Å². The molecule has 1 aliphatic heterocycles. The quantitative estimate of drug-likeness (QED) is 0.323. The number of aromatic nitrogens is 2. The number of nitrogens with two attached hydrogens (primary N) is 1. The molecule has 2 aromatic rings. The van der Waals surface area contributed by atoms with Gasteiger partial charge in [0, 0.05) is 36.8 Å². The molecule has 8 heteroatoms. The molecule has 0 unspecified atom stereocenters. The average Bonchev–Trinajstić information content (AvgIpc) is 3.15. The summed E-state index contributed by atoms with van der Waals surface area (Å²) >= 11 is 0. The molecule has 7 nitrogen and oxygen atoms in total. The van der Waals surface area contributed by atoms with Crippen LogP contribution in [0.15, 0.2) is 30.0 Å². The number of pyridine rings is 1. The molecule has 0 atom stereocenters. The van der Waals surface area contributed by atoms with Crippen LogP contribution in [0, 0.1) is 11.3 Å². The van der Waals surface area contributed by atoms with Crippen molar-refractivity contribution < 1.29 is 15.2 Å². The Balaban J connectivity index is 1.85. The first-order valence-corrected chi connectivity index (χ1v) is 8.41. The summed E-state index contributed by atoms with van der Waals surface area (Å²) in [6.07, 6.45) is 6.40. The van der Waals surface area contributed by atoms with E-state index in [1.54, 1.807) is 12.3 Å². The maximum atomic E-state index is 9.48. The van der Waals surface area contributed by atoms with Crippen molar-refractivity contribution in [2.45, 2.75) is 18.9 Å². The molecule has 2 aromatic heterocycles. The molecule has 0 spiro atoms. The van der Waals surface area contributed by atoms with Crippen LogP contribution in [0.4, 0.5) is 5.69 Å². The van der Waals surface area contributed by atoms with E-state index < -0.39 is 0 Å². The molecule has 1 saturated heterocycles. The van der Waals surface area contributed by atoms with Crippen molar-refractivity contribution >= 4 is 30.9 Å². The molecule has 0 saturated carbocycles. The van der Waals surface area contributed by atoms with Gasteiger partial charge in [-0.25, -0.2) is 0 Å². The van der Waals surface area contributed by atoms with Crippen molar-refractivity contribution in [1.82, 2.24) is 9.97 Å². The minimum absolute atomic E-state index is 0.304. The monoisotopic (exact) mass is 349 g/mol. The Labute approximate surface area is 152 Å². The highest BCUT2D eigenvalue weighted by Gasteiger charge is 2.16. The highest BCUT2D eigenvalue weighted by atomic mass is 16.5. The van der Waals surface area contributed by atoms with Gasteiger partial charge in [-0.15, -0.1) is 0 Å². The number of nitriles is 1. The number of aromatic amines is 1. The van der Waals surface area contributed by atoms with Crippen LogP contribution in [-0.2, 0) is 4.74 Å². The van der Waals surface area contributed by atoms with Gasteiger partial charge in [-0.05, 0) is 42.6 Å². The molecule has 3 rings (SSSR count). The number of nitrogens with zero attached hydrogens (tertiary/aromatic N) is 2. The van der Waals surface area contributed by atoms with Crippen molar-refractivity contribution in [3.05, 3.63) is 35.7 Å². The summed E-state index contributed by atoms with van der Waals surface area (Å²) in [6, 6.07) is 7.96. The number of rotatable bonds is 6. The molecule has 1 radical (unpaired) electrons. The molecule has 1 fully saturated rings. The van der Waals surface area contributed by atoms with E-state index in [1.165, 1.54) is 6.21 Å². The molecule has 26 heavy (non-hydrogen) atoms. The number of H-pyrrole nitrogens is 1. The third-order valence-electron chi connectivity index (χ3n) is 4.26. The van der Waals surface area contributed by atoms with Gasteiger partial charge in [0.25, 0.3) is 0 Å². The zero-order valence-electron chi connectivity index (χ0n) is 14.3. The van der Waals surface area contributed by atoms with Crippen LogP contribution in [0.2, 0.25) is 0 Å². The summed E-state index contributed by atoms with van der Waals surface area (Å²) in [5.74, 6) is 0. The molecule has 0 aromatic carbocycles. The van der Waals surface area contributed by atoms with Gasteiger partial charge >= 0.3 is 7.48 Å². The minimum atomic E-state index is 0.304. The second kappa shape index (κ2) is 8.47. The van der Waals surface area contributed by atoms with Gasteiger partial charge < -0.3 is 20.1 Å². The van der Waals surface area contributed by atoms with Crippen molar-refractivity contribution in [2.24, 2.45) is 0 Å². The fourth-order valence-electron chi connectivity index (χ4n) is 2.83. The van der Waals surface area contributed by atoms with E-state index in [-0.39, 0.29) is 0 Å². The number of anilines is 1. The number of hydrogen-bond acceptors (Lipinski definition) is 5. The fraction of sp³-hybridized carbons (Fsp3) is 0.278. The van der Waals surface area contributed by atoms with Crippen molar-refractivity contribution in [3.63, 3.8) is 0 Å². The summed E-state index contributed by atoms with van der Waals surface area (Å²) in [7, 11) is 1.05. The third-order valence-corrected chi connectivity index (χ3v) is 4.26. The molecular weight excluding hydrogens is 329 g/mol. The Morgan fingerprint density at radius 1 is 1.46 bits per heavy atom. The van der Waals surface area contributed by atoms with Crippen LogP contribution in [-0.4, -0.2) is 47.9 Å². The van der Waals surface area contributed by atoms with E-state index in [2.05, 4.69) is 15.3 Å². The predicted molar refractivity (Wildman–Crippen MR) is 101 cm³/mol. The van der Waals surface area contributed by atoms with E-state index in [0.29, 0.717) is 17.1 Å². The molecule has 5 N–H and O–H groups in total. The molecule has 0 aliphatic carbocycles. The lowest BCUT2D eigenvalue weighted by Crippen LogP contribution is -2.31. The maximum Gasteiger partial charge on any atom is 0.330 e. The van der Waals surface area contributed by atoms with E-state index in [0.717, 1.165) is 56.3 Å². The lowest BCUT2D eigenvalue weighted by Gasteiger charge is -2.25. The molecule has 0 amide bonds.